The molecule has 0 fully saturated rings. The number of sulfonamides is 1. The molecule has 0 aliphatic rings. The van der Waals surface area contributed by atoms with Gasteiger partial charge in [0.15, 0.2) is 0 Å². The van der Waals surface area contributed by atoms with Crippen molar-refractivity contribution in [3.8, 4) is 0 Å². The maximum atomic E-state index is 11.5. The van der Waals surface area contributed by atoms with Gasteiger partial charge in [0.1, 0.15) is 6.54 Å². The average Bonchev–Trinajstić information content (AvgIpc) is 2.11. The van der Waals surface area contributed by atoms with Crippen LogP contribution in [0.2, 0.25) is 0 Å². The molecular weight excluding hydrogens is 206 g/mol. The van der Waals surface area contributed by atoms with Crippen LogP contribution < -0.4 is 4.72 Å². The summed E-state index contributed by atoms with van der Waals surface area (Å²) < 4.78 is 25.0. The third-order valence-electron chi connectivity index (χ3n) is 1.93. The van der Waals surface area contributed by atoms with Crippen LogP contribution in [0.1, 0.15) is 33.1 Å². The van der Waals surface area contributed by atoms with Crippen LogP contribution in [0.4, 0.5) is 0 Å². The summed E-state index contributed by atoms with van der Waals surface area (Å²) >= 11 is 0. The second-order valence-corrected chi connectivity index (χ2v) is 5.12. The lowest BCUT2D eigenvalue weighted by molar-refractivity contribution is -0.135. The van der Waals surface area contributed by atoms with Crippen molar-refractivity contribution >= 4 is 16.0 Å². The molecule has 0 spiro atoms. The molecule has 2 N–H and O–H groups in total. The first-order valence-electron chi connectivity index (χ1n) is 4.64. The molecule has 0 bridgehead atoms. The van der Waals surface area contributed by atoms with Crippen molar-refractivity contribution in [1.82, 2.24) is 4.72 Å². The average molecular weight is 223 g/mol. The van der Waals surface area contributed by atoms with E-state index in [4.69, 9.17) is 5.11 Å². The number of carboxylic acid groups (broad SMARTS) is 1. The fourth-order valence-corrected chi connectivity index (χ4v) is 2.73. The van der Waals surface area contributed by atoms with Crippen LogP contribution in [0.3, 0.4) is 0 Å². The normalized spacial score (nSPS) is 13.9. The lowest BCUT2D eigenvalue weighted by Crippen LogP contribution is -2.37. The molecule has 0 radical (unpaired) electrons. The molecule has 0 aliphatic heterocycles. The van der Waals surface area contributed by atoms with Crippen molar-refractivity contribution in [3.63, 3.8) is 0 Å². The van der Waals surface area contributed by atoms with Gasteiger partial charge in [0.25, 0.3) is 0 Å². The quantitative estimate of drug-likeness (QED) is 0.661. The van der Waals surface area contributed by atoms with Gasteiger partial charge in [0.05, 0.1) is 5.25 Å². The largest absolute Gasteiger partial charge is 0.480 e. The predicted molar refractivity (Wildman–Crippen MR) is 53.5 cm³/mol. The monoisotopic (exact) mass is 223 g/mol. The van der Waals surface area contributed by atoms with Gasteiger partial charge in [-0.1, -0.05) is 20.3 Å². The van der Waals surface area contributed by atoms with Crippen molar-refractivity contribution in [3.05, 3.63) is 0 Å². The van der Waals surface area contributed by atoms with Gasteiger partial charge in [-0.2, -0.15) is 0 Å². The van der Waals surface area contributed by atoms with Crippen LogP contribution in [0.5, 0.6) is 0 Å². The van der Waals surface area contributed by atoms with E-state index < -0.39 is 27.8 Å². The lowest BCUT2D eigenvalue weighted by atomic mass is 10.2. The fraction of sp³-hybridized carbons (Fsp3) is 0.875. The van der Waals surface area contributed by atoms with Gasteiger partial charge in [-0.15, -0.1) is 0 Å². The van der Waals surface area contributed by atoms with Gasteiger partial charge >= 0.3 is 5.97 Å². The van der Waals surface area contributed by atoms with Gasteiger partial charge < -0.3 is 5.11 Å². The zero-order chi connectivity index (χ0) is 11.2. The fourth-order valence-electron chi connectivity index (χ4n) is 1.18. The molecule has 0 aromatic rings. The van der Waals surface area contributed by atoms with Crippen molar-refractivity contribution in [1.29, 1.82) is 0 Å². The maximum absolute atomic E-state index is 11.5. The molecule has 0 rings (SSSR count). The Labute approximate surface area is 84.6 Å². The molecule has 0 heterocycles. The molecule has 1 atom stereocenters. The molecule has 0 amide bonds. The molecule has 0 saturated heterocycles. The van der Waals surface area contributed by atoms with Crippen LogP contribution in [-0.4, -0.2) is 31.3 Å². The topological polar surface area (TPSA) is 83.5 Å². The lowest BCUT2D eigenvalue weighted by Gasteiger charge is -2.14. The highest BCUT2D eigenvalue weighted by atomic mass is 32.2. The van der Waals surface area contributed by atoms with Crippen LogP contribution in [0, 0.1) is 0 Å². The Morgan fingerprint density at radius 1 is 1.43 bits per heavy atom. The standard InChI is InChI=1S/C8H17NO4S/c1-3-5-7(4-2)14(12,13)9-6-8(10)11/h7,9H,3-6H2,1-2H3,(H,10,11). The maximum Gasteiger partial charge on any atom is 0.318 e. The third kappa shape index (κ3) is 4.57. The van der Waals surface area contributed by atoms with E-state index in [0.717, 1.165) is 6.42 Å². The molecule has 1 unspecified atom stereocenters. The van der Waals surface area contributed by atoms with Gasteiger partial charge in [-0.05, 0) is 12.8 Å². The SMILES string of the molecule is CCCC(CC)S(=O)(=O)NCC(=O)O. The van der Waals surface area contributed by atoms with E-state index in [0.29, 0.717) is 12.8 Å². The summed E-state index contributed by atoms with van der Waals surface area (Å²) in [6.07, 6.45) is 1.83. The number of hydrogen-bond acceptors (Lipinski definition) is 3. The highest BCUT2D eigenvalue weighted by molar-refractivity contribution is 7.90. The van der Waals surface area contributed by atoms with Crippen molar-refractivity contribution in [2.24, 2.45) is 0 Å². The Balaban J connectivity index is 4.34. The van der Waals surface area contributed by atoms with Gasteiger partial charge in [0.2, 0.25) is 10.0 Å². The Bertz CT molecular complexity index is 273. The second-order valence-electron chi connectivity index (χ2n) is 3.08. The summed E-state index contributed by atoms with van der Waals surface area (Å²) in [5.41, 5.74) is 0. The highest BCUT2D eigenvalue weighted by Crippen LogP contribution is 2.10. The molecule has 0 aromatic heterocycles. The molecule has 0 aliphatic carbocycles. The van der Waals surface area contributed by atoms with Crippen LogP contribution in [0.15, 0.2) is 0 Å². The Hall–Kier alpha value is -0.620. The molecule has 5 nitrogen and oxygen atoms in total. The highest BCUT2D eigenvalue weighted by Gasteiger charge is 2.22. The zero-order valence-corrected chi connectivity index (χ0v) is 9.30. The first-order valence-corrected chi connectivity index (χ1v) is 6.19. The Kier molecular flexibility index (Phi) is 5.71. The smallest absolute Gasteiger partial charge is 0.318 e. The minimum Gasteiger partial charge on any atom is -0.480 e. The summed E-state index contributed by atoms with van der Waals surface area (Å²) in [6.45, 7) is 3.14. The molecular formula is C8H17NO4S. The number of carboxylic acids is 1. The first-order chi connectivity index (χ1) is 6.44. The minimum atomic E-state index is -3.46. The predicted octanol–water partition coefficient (Wildman–Crippen LogP) is 0.569. The number of carbonyl (C=O) groups is 1. The number of aliphatic carboxylic acids is 1. The minimum absolute atomic E-state index is 0.480. The molecule has 84 valence electrons. The van der Waals surface area contributed by atoms with Crippen molar-refractivity contribution < 1.29 is 18.3 Å². The number of rotatable bonds is 7. The number of hydrogen-bond donors (Lipinski definition) is 2. The molecule has 0 aromatic carbocycles. The summed E-state index contributed by atoms with van der Waals surface area (Å²) in [4.78, 5) is 10.2. The Morgan fingerprint density at radius 2 is 2.00 bits per heavy atom. The van der Waals surface area contributed by atoms with E-state index in [1.54, 1.807) is 6.92 Å². The molecule has 14 heavy (non-hydrogen) atoms. The van der Waals surface area contributed by atoms with Crippen molar-refractivity contribution in [2.45, 2.75) is 38.4 Å². The van der Waals surface area contributed by atoms with E-state index in [1.165, 1.54) is 0 Å². The van der Waals surface area contributed by atoms with E-state index in [9.17, 15) is 13.2 Å². The Morgan fingerprint density at radius 3 is 2.36 bits per heavy atom. The van der Waals surface area contributed by atoms with Gasteiger partial charge in [-0.25, -0.2) is 13.1 Å². The van der Waals surface area contributed by atoms with E-state index in [2.05, 4.69) is 4.72 Å². The van der Waals surface area contributed by atoms with Crippen LogP contribution >= 0.6 is 0 Å². The van der Waals surface area contributed by atoms with E-state index in [-0.39, 0.29) is 0 Å². The summed E-state index contributed by atoms with van der Waals surface area (Å²) in [7, 11) is -3.46. The van der Waals surface area contributed by atoms with Gasteiger partial charge in [-0.3, -0.25) is 4.79 Å². The molecule has 0 saturated carbocycles. The summed E-state index contributed by atoms with van der Waals surface area (Å²) in [6, 6.07) is 0. The van der Waals surface area contributed by atoms with Gasteiger partial charge in [0, 0.05) is 0 Å². The van der Waals surface area contributed by atoms with E-state index >= 15 is 0 Å². The number of nitrogens with one attached hydrogen (secondary N) is 1. The summed E-state index contributed by atoms with van der Waals surface area (Å²) in [5.74, 6) is -1.17. The second kappa shape index (κ2) is 5.98. The van der Waals surface area contributed by atoms with Crippen LogP contribution in [-0.2, 0) is 14.8 Å². The third-order valence-corrected chi connectivity index (χ3v) is 3.92. The zero-order valence-electron chi connectivity index (χ0n) is 8.49. The first kappa shape index (κ1) is 13.4. The van der Waals surface area contributed by atoms with Crippen LogP contribution in [0.25, 0.3) is 0 Å². The van der Waals surface area contributed by atoms with Crippen molar-refractivity contribution in [2.75, 3.05) is 6.54 Å². The summed E-state index contributed by atoms with van der Waals surface area (Å²) in [5, 5.41) is 7.85. The van der Waals surface area contributed by atoms with E-state index in [1.807, 2.05) is 6.92 Å². The molecule has 6 heteroatoms.